The van der Waals surface area contributed by atoms with Crippen LogP contribution in [0.3, 0.4) is 0 Å². The number of carboxylic acids is 1. The molecule has 0 amide bonds. The number of fused-ring (bicyclic) bond motifs is 1. The summed E-state index contributed by atoms with van der Waals surface area (Å²) in [5.41, 5.74) is 3.75. The second-order valence-corrected chi connectivity index (χ2v) is 5.60. The van der Waals surface area contributed by atoms with Crippen molar-refractivity contribution in [2.24, 2.45) is 11.8 Å². The molecule has 3 rings (SSSR count). The highest BCUT2D eigenvalue weighted by atomic mass is 16.4. The minimum absolute atomic E-state index is 0.494. The van der Waals surface area contributed by atoms with Crippen molar-refractivity contribution >= 4 is 13.2 Å². The Morgan fingerprint density at radius 3 is 2.95 bits per heavy atom. The van der Waals surface area contributed by atoms with E-state index in [1.807, 2.05) is 6.07 Å². The molecule has 1 aromatic carbocycles. The van der Waals surface area contributed by atoms with Crippen LogP contribution in [-0.2, 0) is 19.2 Å². The molecule has 4 nitrogen and oxygen atoms in total. The fraction of sp³-hybridized carbons (Fsp3) is 0.500. The predicted molar refractivity (Wildman–Crippen MR) is 74.3 cm³/mol. The third-order valence-corrected chi connectivity index (χ3v) is 4.17. The summed E-state index contributed by atoms with van der Waals surface area (Å²) in [5, 5.41) is 11.3. The summed E-state index contributed by atoms with van der Waals surface area (Å²) in [7, 11) is 2.18. The van der Waals surface area contributed by atoms with Crippen LogP contribution >= 0.6 is 0 Å². The van der Waals surface area contributed by atoms with Gasteiger partial charge in [-0.1, -0.05) is 24.8 Å². The Balaban J connectivity index is 1.92. The number of aromatic carboxylic acids is 1. The molecule has 1 saturated heterocycles. The molecule has 1 aromatic rings. The van der Waals surface area contributed by atoms with Gasteiger partial charge in [-0.15, -0.1) is 0 Å². The fourth-order valence-electron chi connectivity index (χ4n) is 3.20. The largest absolute Gasteiger partial charge is 0.478 e. The Hall–Kier alpha value is -1.33. The molecular formula is C14H18BN2O2. The van der Waals surface area contributed by atoms with Gasteiger partial charge in [0.25, 0.3) is 0 Å². The minimum atomic E-state index is -0.786. The van der Waals surface area contributed by atoms with Crippen molar-refractivity contribution in [1.29, 1.82) is 0 Å². The summed E-state index contributed by atoms with van der Waals surface area (Å²) in [6.07, 6.45) is 3.63. The van der Waals surface area contributed by atoms with E-state index in [1.165, 1.54) is 5.56 Å². The van der Waals surface area contributed by atoms with E-state index in [0.717, 1.165) is 49.7 Å². The first-order chi connectivity index (χ1) is 9.15. The lowest BCUT2D eigenvalue weighted by molar-refractivity contribution is 0.0691. The van der Waals surface area contributed by atoms with Crippen LogP contribution in [0.1, 0.15) is 27.0 Å². The number of nitrogens with two attached hydrogens (primary N) is 1. The van der Waals surface area contributed by atoms with E-state index in [4.69, 9.17) is 5.84 Å². The van der Waals surface area contributed by atoms with Gasteiger partial charge in [0.05, 0.1) is 5.56 Å². The summed E-state index contributed by atoms with van der Waals surface area (Å²) in [6.45, 7) is 1.73. The second-order valence-electron chi connectivity index (χ2n) is 5.60. The molecule has 0 unspecified atom stereocenters. The van der Waals surface area contributed by atoms with Crippen LogP contribution in [-0.4, -0.2) is 36.5 Å². The Kier molecular flexibility index (Phi) is 3.33. The van der Waals surface area contributed by atoms with Gasteiger partial charge >= 0.3 is 5.97 Å². The third-order valence-electron chi connectivity index (χ3n) is 4.17. The summed E-state index contributed by atoms with van der Waals surface area (Å²) in [5.74, 6) is 5.35. The maximum Gasteiger partial charge on any atom is 0.336 e. The molecule has 2 aliphatic heterocycles. The number of carboxylic acid groups (broad SMARTS) is 1. The molecular weight excluding hydrogens is 239 g/mol. The Bertz CT molecular complexity index is 512. The number of aryl methyl sites for hydroxylation is 1. The van der Waals surface area contributed by atoms with Crippen molar-refractivity contribution in [3.05, 3.63) is 34.4 Å². The molecule has 0 aliphatic carbocycles. The van der Waals surface area contributed by atoms with Gasteiger partial charge in [-0.05, 0) is 35.4 Å². The zero-order chi connectivity index (χ0) is 13.4. The van der Waals surface area contributed by atoms with Gasteiger partial charge in [0.2, 0.25) is 0 Å². The summed E-state index contributed by atoms with van der Waals surface area (Å²) in [4.78, 5) is 11.6. The quantitative estimate of drug-likeness (QED) is 0.624. The summed E-state index contributed by atoms with van der Waals surface area (Å²) in [6, 6.07) is 4.12. The predicted octanol–water partition coefficient (Wildman–Crippen LogP) is 0.911. The maximum absolute atomic E-state index is 11.6. The average Bonchev–Trinajstić information content (AvgIpc) is 2.36. The molecule has 1 radical (unpaired) electrons. The van der Waals surface area contributed by atoms with Gasteiger partial charge < -0.3 is 5.11 Å². The van der Waals surface area contributed by atoms with Gasteiger partial charge in [-0.3, -0.25) is 5.84 Å². The topological polar surface area (TPSA) is 66.6 Å². The zero-order valence-corrected chi connectivity index (χ0v) is 10.9. The highest BCUT2D eigenvalue weighted by Crippen LogP contribution is 2.28. The highest BCUT2D eigenvalue weighted by molar-refractivity contribution is 6.35. The molecule has 2 aliphatic rings. The lowest BCUT2D eigenvalue weighted by atomic mass is 9.61. The van der Waals surface area contributed by atoms with E-state index in [0.29, 0.717) is 11.5 Å². The molecule has 0 atom stereocenters. The number of hydrazine groups is 1. The van der Waals surface area contributed by atoms with Crippen molar-refractivity contribution < 1.29 is 9.90 Å². The van der Waals surface area contributed by atoms with Gasteiger partial charge in [0.15, 0.2) is 0 Å². The lowest BCUT2D eigenvalue weighted by Gasteiger charge is -2.36. The molecule has 0 saturated carbocycles. The molecule has 19 heavy (non-hydrogen) atoms. The van der Waals surface area contributed by atoms with Crippen LogP contribution in [0.2, 0.25) is 6.32 Å². The first-order valence-corrected chi connectivity index (χ1v) is 6.83. The van der Waals surface area contributed by atoms with Crippen LogP contribution in [0, 0.1) is 5.92 Å². The second kappa shape index (κ2) is 4.98. The van der Waals surface area contributed by atoms with Crippen molar-refractivity contribution in [3.63, 3.8) is 0 Å². The first-order valence-electron chi connectivity index (χ1n) is 6.83. The van der Waals surface area contributed by atoms with Gasteiger partial charge in [-0.2, -0.15) is 0 Å². The van der Waals surface area contributed by atoms with E-state index in [2.05, 4.69) is 13.3 Å². The number of rotatable bonds is 3. The number of benzene rings is 1. The lowest BCUT2D eigenvalue weighted by Crippen LogP contribution is -2.51. The van der Waals surface area contributed by atoms with E-state index in [9.17, 15) is 9.90 Å². The standard InChI is InChI=1S/C14H18BN2O2/c16-17-7-9(8-17)5-11-2-1-10-3-4-15-6-12(10)13(11)14(18)19/h1-2,9H,3-8,16H2,(H,18,19). The zero-order valence-electron chi connectivity index (χ0n) is 10.9. The van der Waals surface area contributed by atoms with Crippen molar-refractivity contribution in [3.8, 4) is 0 Å². The van der Waals surface area contributed by atoms with Crippen molar-refractivity contribution in [2.75, 3.05) is 13.1 Å². The fourth-order valence-corrected chi connectivity index (χ4v) is 3.20. The Labute approximate surface area is 113 Å². The van der Waals surface area contributed by atoms with Gasteiger partial charge in [0, 0.05) is 13.1 Å². The van der Waals surface area contributed by atoms with Crippen LogP contribution in [0.4, 0.5) is 0 Å². The number of nitrogens with zero attached hydrogens (tertiary/aromatic N) is 1. The number of carbonyl (C=O) groups is 1. The van der Waals surface area contributed by atoms with Crippen LogP contribution in [0.15, 0.2) is 12.1 Å². The maximum atomic E-state index is 11.6. The van der Waals surface area contributed by atoms with Crippen molar-refractivity contribution in [1.82, 2.24) is 5.01 Å². The third kappa shape index (κ3) is 2.40. The smallest absolute Gasteiger partial charge is 0.336 e. The molecule has 2 heterocycles. The Morgan fingerprint density at radius 1 is 1.47 bits per heavy atom. The molecule has 3 N–H and O–H groups in total. The summed E-state index contributed by atoms with van der Waals surface area (Å²) >= 11 is 0. The molecule has 1 fully saturated rings. The normalized spacial score (nSPS) is 19.4. The molecule has 0 bridgehead atoms. The van der Waals surface area contributed by atoms with Crippen LogP contribution in [0.25, 0.3) is 0 Å². The molecule has 0 aromatic heterocycles. The van der Waals surface area contributed by atoms with Crippen molar-refractivity contribution in [2.45, 2.75) is 25.5 Å². The number of hydrogen-bond acceptors (Lipinski definition) is 3. The molecule has 99 valence electrons. The molecule has 0 spiro atoms. The van der Waals surface area contributed by atoms with Gasteiger partial charge in [0.1, 0.15) is 7.28 Å². The highest BCUT2D eigenvalue weighted by Gasteiger charge is 2.27. The first kappa shape index (κ1) is 12.7. The van der Waals surface area contributed by atoms with Crippen LogP contribution in [0.5, 0.6) is 0 Å². The minimum Gasteiger partial charge on any atom is -0.478 e. The van der Waals surface area contributed by atoms with Gasteiger partial charge in [-0.25, -0.2) is 9.80 Å². The van der Waals surface area contributed by atoms with E-state index in [-0.39, 0.29) is 0 Å². The van der Waals surface area contributed by atoms with Crippen LogP contribution < -0.4 is 5.84 Å². The van der Waals surface area contributed by atoms with E-state index < -0.39 is 5.97 Å². The van der Waals surface area contributed by atoms with E-state index >= 15 is 0 Å². The summed E-state index contributed by atoms with van der Waals surface area (Å²) < 4.78 is 0. The Morgan fingerprint density at radius 2 is 2.26 bits per heavy atom. The van der Waals surface area contributed by atoms with E-state index in [1.54, 1.807) is 5.01 Å². The average molecular weight is 257 g/mol. The molecule has 5 heteroatoms. The SMILES string of the molecule is NN1CC(Cc2ccc3c(c2C(=O)O)C[B]CC3)C1. The monoisotopic (exact) mass is 257 g/mol. The number of hydrogen-bond donors (Lipinski definition) is 2.